The Kier molecular flexibility index (Phi) is 5.00. The first kappa shape index (κ1) is 21.3. The van der Waals surface area contributed by atoms with Gasteiger partial charge < -0.3 is 15.2 Å². The van der Waals surface area contributed by atoms with Gasteiger partial charge in [0, 0.05) is 34.2 Å². The molecule has 5 heteroatoms. The van der Waals surface area contributed by atoms with Gasteiger partial charge in [-0.3, -0.25) is 0 Å². The normalized spacial score (nSPS) is 17.1. The standard InChI is InChI=1S/C28H28FN3O/c1-17-12-18(2)14-21(13-17)30-27(33)32-16-28(3,4)24-22-10-5-6-11-23(22)31-25(24)26(32)19-8-7-9-20(29)15-19/h5-15,26,31H,16H2,1-4H3,(H,30,33). The number of aromatic amines is 1. The van der Waals surface area contributed by atoms with E-state index in [-0.39, 0.29) is 17.3 Å². The molecule has 0 spiro atoms. The van der Waals surface area contributed by atoms with Crippen LogP contribution >= 0.6 is 0 Å². The van der Waals surface area contributed by atoms with E-state index < -0.39 is 6.04 Å². The maximum absolute atomic E-state index is 14.3. The van der Waals surface area contributed by atoms with Gasteiger partial charge in [-0.25, -0.2) is 9.18 Å². The number of rotatable bonds is 2. The van der Waals surface area contributed by atoms with Crippen molar-refractivity contribution in [1.82, 2.24) is 9.88 Å². The topological polar surface area (TPSA) is 48.1 Å². The fraction of sp³-hybridized carbons (Fsp3) is 0.250. The van der Waals surface area contributed by atoms with Crippen LogP contribution in [-0.4, -0.2) is 22.5 Å². The van der Waals surface area contributed by atoms with Crippen LogP contribution in [-0.2, 0) is 5.41 Å². The van der Waals surface area contributed by atoms with Crippen LogP contribution in [0.1, 0.15) is 47.8 Å². The fourth-order valence-corrected chi connectivity index (χ4v) is 5.30. The zero-order chi connectivity index (χ0) is 23.3. The average molecular weight is 442 g/mol. The maximum atomic E-state index is 14.3. The van der Waals surface area contributed by atoms with Crippen molar-refractivity contribution in [3.63, 3.8) is 0 Å². The molecule has 168 valence electrons. The number of fused-ring (bicyclic) bond motifs is 3. The average Bonchev–Trinajstić information content (AvgIpc) is 3.13. The summed E-state index contributed by atoms with van der Waals surface area (Å²) >= 11 is 0. The lowest BCUT2D eigenvalue weighted by Gasteiger charge is -2.44. The predicted octanol–water partition coefficient (Wildman–Crippen LogP) is 6.84. The van der Waals surface area contributed by atoms with E-state index in [9.17, 15) is 9.18 Å². The molecule has 1 aliphatic rings. The summed E-state index contributed by atoms with van der Waals surface area (Å²) in [6, 6.07) is 20.1. The lowest BCUT2D eigenvalue weighted by atomic mass is 9.76. The number of benzene rings is 3. The van der Waals surface area contributed by atoms with Crippen LogP contribution in [0.2, 0.25) is 0 Å². The van der Waals surface area contributed by atoms with Gasteiger partial charge in [-0.2, -0.15) is 0 Å². The van der Waals surface area contributed by atoms with Gasteiger partial charge in [0.1, 0.15) is 5.82 Å². The van der Waals surface area contributed by atoms with Crippen LogP contribution in [0.4, 0.5) is 14.9 Å². The van der Waals surface area contributed by atoms with Gasteiger partial charge in [-0.15, -0.1) is 0 Å². The highest BCUT2D eigenvalue weighted by atomic mass is 19.1. The number of carbonyl (C=O) groups excluding carboxylic acids is 1. The Morgan fingerprint density at radius 2 is 1.76 bits per heavy atom. The van der Waals surface area contributed by atoms with Crippen LogP contribution in [0.5, 0.6) is 0 Å². The number of hydrogen-bond donors (Lipinski definition) is 2. The van der Waals surface area contributed by atoms with Gasteiger partial charge >= 0.3 is 6.03 Å². The third-order valence-corrected chi connectivity index (χ3v) is 6.46. The zero-order valence-corrected chi connectivity index (χ0v) is 19.4. The molecule has 0 bridgehead atoms. The molecule has 2 amide bonds. The van der Waals surface area contributed by atoms with Crippen LogP contribution in [0.15, 0.2) is 66.7 Å². The SMILES string of the molecule is Cc1cc(C)cc(NC(=O)N2CC(C)(C)c3c([nH]c4ccccc34)C2c2cccc(F)c2)c1. The monoisotopic (exact) mass is 441 g/mol. The number of hydrogen-bond acceptors (Lipinski definition) is 1. The lowest BCUT2D eigenvalue weighted by molar-refractivity contribution is 0.170. The summed E-state index contributed by atoms with van der Waals surface area (Å²) in [6.45, 7) is 8.84. The Balaban J connectivity index is 1.65. The van der Waals surface area contributed by atoms with Crippen molar-refractivity contribution in [1.29, 1.82) is 0 Å². The Morgan fingerprint density at radius 3 is 2.48 bits per heavy atom. The van der Waals surface area contributed by atoms with E-state index in [2.05, 4.69) is 36.3 Å². The number of halogens is 1. The van der Waals surface area contributed by atoms with Crippen molar-refractivity contribution >= 4 is 22.6 Å². The largest absolute Gasteiger partial charge is 0.356 e. The van der Waals surface area contributed by atoms with Crippen molar-refractivity contribution in [2.45, 2.75) is 39.2 Å². The summed E-state index contributed by atoms with van der Waals surface area (Å²) in [4.78, 5) is 19.1. The number of aromatic nitrogens is 1. The molecule has 1 aromatic heterocycles. The number of anilines is 1. The Morgan fingerprint density at radius 1 is 1.03 bits per heavy atom. The molecule has 5 rings (SSSR count). The minimum Gasteiger partial charge on any atom is -0.356 e. The number of para-hydroxylation sites is 1. The maximum Gasteiger partial charge on any atom is 0.322 e. The van der Waals surface area contributed by atoms with Gasteiger partial charge in [-0.1, -0.05) is 50.2 Å². The molecule has 4 nitrogen and oxygen atoms in total. The summed E-state index contributed by atoms with van der Waals surface area (Å²) in [5.41, 5.74) is 6.53. The van der Waals surface area contributed by atoms with Gasteiger partial charge in [-0.05, 0) is 66.4 Å². The molecule has 2 N–H and O–H groups in total. The van der Waals surface area contributed by atoms with E-state index in [1.54, 1.807) is 6.07 Å². The van der Waals surface area contributed by atoms with Crippen molar-refractivity contribution in [3.05, 3.63) is 100 Å². The van der Waals surface area contributed by atoms with E-state index in [0.717, 1.165) is 39.0 Å². The molecule has 1 unspecified atom stereocenters. The Hall–Kier alpha value is -3.60. The number of amides is 2. The van der Waals surface area contributed by atoms with E-state index >= 15 is 0 Å². The summed E-state index contributed by atoms with van der Waals surface area (Å²) in [5.74, 6) is -0.315. The van der Waals surface area contributed by atoms with Gasteiger partial charge in [0.25, 0.3) is 0 Å². The number of H-pyrrole nitrogens is 1. The van der Waals surface area contributed by atoms with Gasteiger partial charge in [0.2, 0.25) is 0 Å². The lowest BCUT2D eigenvalue weighted by Crippen LogP contribution is -2.49. The van der Waals surface area contributed by atoms with Crippen molar-refractivity contribution in [2.75, 3.05) is 11.9 Å². The second-order valence-corrected chi connectivity index (χ2v) is 9.74. The first-order valence-corrected chi connectivity index (χ1v) is 11.3. The third kappa shape index (κ3) is 3.78. The van der Waals surface area contributed by atoms with Crippen LogP contribution in [0.3, 0.4) is 0 Å². The second kappa shape index (κ2) is 7.77. The number of nitrogens with zero attached hydrogens (tertiary/aromatic N) is 1. The fourth-order valence-electron chi connectivity index (χ4n) is 5.30. The molecule has 0 saturated carbocycles. The van der Waals surface area contributed by atoms with Gasteiger partial charge in [0.15, 0.2) is 0 Å². The Labute approximate surface area is 193 Å². The van der Waals surface area contributed by atoms with Crippen LogP contribution in [0, 0.1) is 19.7 Å². The molecule has 1 atom stereocenters. The molecule has 2 heterocycles. The van der Waals surface area contributed by atoms with E-state index in [0.29, 0.717) is 6.54 Å². The molecule has 4 aromatic rings. The molecule has 3 aromatic carbocycles. The number of nitrogens with one attached hydrogen (secondary N) is 2. The highest BCUT2D eigenvalue weighted by Gasteiger charge is 2.43. The van der Waals surface area contributed by atoms with E-state index in [1.165, 1.54) is 17.7 Å². The van der Waals surface area contributed by atoms with Crippen molar-refractivity contribution in [2.24, 2.45) is 0 Å². The van der Waals surface area contributed by atoms with E-state index in [1.807, 2.05) is 55.1 Å². The number of aryl methyl sites for hydroxylation is 2. The quantitative estimate of drug-likeness (QED) is 0.352. The first-order chi connectivity index (χ1) is 15.7. The third-order valence-electron chi connectivity index (χ3n) is 6.46. The van der Waals surface area contributed by atoms with Crippen molar-refractivity contribution < 1.29 is 9.18 Å². The molecular formula is C28H28FN3O. The summed E-state index contributed by atoms with van der Waals surface area (Å²) in [5, 5.41) is 4.24. The minimum atomic E-state index is -0.429. The predicted molar refractivity (Wildman–Crippen MR) is 131 cm³/mol. The summed E-state index contributed by atoms with van der Waals surface area (Å²) < 4.78 is 14.3. The van der Waals surface area contributed by atoms with Crippen LogP contribution < -0.4 is 5.32 Å². The molecule has 0 aliphatic carbocycles. The minimum absolute atomic E-state index is 0.202. The highest BCUT2D eigenvalue weighted by Crippen LogP contribution is 2.46. The number of carbonyl (C=O) groups is 1. The summed E-state index contributed by atoms with van der Waals surface area (Å²) in [7, 11) is 0. The second-order valence-electron chi connectivity index (χ2n) is 9.74. The van der Waals surface area contributed by atoms with Crippen LogP contribution in [0.25, 0.3) is 10.9 Å². The zero-order valence-electron chi connectivity index (χ0n) is 19.4. The molecule has 1 aliphatic heterocycles. The molecule has 0 saturated heterocycles. The highest BCUT2D eigenvalue weighted by molar-refractivity contribution is 5.92. The molecule has 33 heavy (non-hydrogen) atoms. The summed E-state index contributed by atoms with van der Waals surface area (Å²) in [6.07, 6.45) is 0. The smallest absolute Gasteiger partial charge is 0.322 e. The molecular weight excluding hydrogens is 413 g/mol. The number of urea groups is 1. The van der Waals surface area contributed by atoms with Gasteiger partial charge in [0.05, 0.1) is 6.04 Å². The van der Waals surface area contributed by atoms with Crippen molar-refractivity contribution in [3.8, 4) is 0 Å². The first-order valence-electron chi connectivity index (χ1n) is 11.3. The molecule has 0 fully saturated rings. The Bertz CT molecular complexity index is 1350. The van der Waals surface area contributed by atoms with E-state index in [4.69, 9.17) is 0 Å². The molecule has 0 radical (unpaired) electrons.